The average molecular weight is 301 g/mol. The van der Waals surface area contributed by atoms with Crippen molar-refractivity contribution in [2.45, 2.75) is 38.7 Å². The van der Waals surface area contributed by atoms with Gasteiger partial charge in [0.25, 0.3) is 0 Å². The minimum atomic E-state index is 0.119. The normalized spacial score (nSPS) is 14.1. The van der Waals surface area contributed by atoms with Crippen molar-refractivity contribution >= 4 is 17.2 Å². The number of thiazole rings is 1. The molecule has 1 fully saturated rings. The van der Waals surface area contributed by atoms with E-state index < -0.39 is 0 Å². The molecule has 1 aliphatic rings. The van der Waals surface area contributed by atoms with E-state index in [0.717, 1.165) is 40.6 Å². The maximum absolute atomic E-state index is 7.67. The van der Waals surface area contributed by atoms with E-state index in [2.05, 4.69) is 24.0 Å². The quantitative estimate of drug-likeness (QED) is 0.634. The zero-order chi connectivity index (χ0) is 14.8. The number of hydrogen-bond acceptors (Lipinski definition) is 4. The number of nitrogens with one attached hydrogen (secondary N) is 1. The first-order valence-electron chi connectivity index (χ1n) is 7.23. The Kier molecular flexibility index (Phi) is 3.92. The Morgan fingerprint density at radius 1 is 1.48 bits per heavy atom. The summed E-state index contributed by atoms with van der Waals surface area (Å²) in [5, 5.41) is 8.56. The lowest BCUT2D eigenvalue weighted by molar-refractivity contribution is 0.305. The van der Waals surface area contributed by atoms with Crippen molar-refractivity contribution in [3.05, 3.63) is 45.4 Å². The van der Waals surface area contributed by atoms with Gasteiger partial charge in [0.15, 0.2) is 0 Å². The Morgan fingerprint density at radius 2 is 2.29 bits per heavy atom. The molecule has 0 saturated heterocycles. The molecule has 0 bridgehead atoms. The fraction of sp³-hybridized carbons (Fsp3) is 0.375. The lowest BCUT2D eigenvalue weighted by atomic mass is 10.2. The molecule has 2 aromatic rings. The van der Waals surface area contributed by atoms with Crippen LogP contribution in [0, 0.1) is 5.41 Å². The number of aryl methyl sites for hydroxylation is 1. The molecular formula is C16H19N3OS. The van der Waals surface area contributed by atoms with Crippen LogP contribution in [-0.2, 0) is 13.0 Å². The Balaban J connectivity index is 1.72. The Hall–Kier alpha value is -1.88. The molecule has 4 nitrogen and oxygen atoms in total. The van der Waals surface area contributed by atoms with Crippen molar-refractivity contribution in [2.75, 3.05) is 0 Å². The number of rotatable bonds is 6. The number of nitrogen functional groups attached to an aromatic ring is 1. The van der Waals surface area contributed by atoms with Gasteiger partial charge in [0.1, 0.15) is 23.2 Å². The van der Waals surface area contributed by atoms with E-state index in [1.807, 2.05) is 12.1 Å². The number of nitrogens with two attached hydrogens (primary N) is 1. The van der Waals surface area contributed by atoms with E-state index in [9.17, 15) is 0 Å². The van der Waals surface area contributed by atoms with Crippen LogP contribution in [0.25, 0.3) is 0 Å². The molecular weight excluding hydrogens is 282 g/mol. The van der Waals surface area contributed by atoms with Crippen LogP contribution >= 0.6 is 11.3 Å². The van der Waals surface area contributed by atoms with Crippen LogP contribution in [0.1, 0.15) is 46.8 Å². The number of aromatic nitrogens is 1. The molecule has 0 amide bonds. The molecule has 3 rings (SSSR count). The first-order valence-corrected chi connectivity index (χ1v) is 8.04. The van der Waals surface area contributed by atoms with E-state index in [1.165, 1.54) is 16.9 Å². The molecule has 0 unspecified atom stereocenters. The van der Waals surface area contributed by atoms with Gasteiger partial charge in [0, 0.05) is 5.92 Å². The Labute approximate surface area is 128 Å². The Morgan fingerprint density at radius 3 is 2.95 bits per heavy atom. The summed E-state index contributed by atoms with van der Waals surface area (Å²) in [6, 6.07) is 8.11. The summed E-state index contributed by atoms with van der Waals surface area (Å²) in [5.41, 5.74) is 7.90. The van der Waals surface area contributed by atoms with E-state index in [4.69, 9.17) is 15.9 Å². The standard InChI is InChI=1S/C16H19N3OS/c1-2-10-4-3-5-12(8-10)20-9-13-19-14(11-6-7-11)15(21-13)16(17)18/h3-5,8,11H,2,6-7,9H2,1H3,(H3,17,18). The van der Waals surface area contributed by atoms with E-state index in [0.29, 0.717) is 12.5 Å². The zero-order valence-electron chi connectivity index (χ0n) is 12.1. The predicted octanol–water partition coefficient (Wildman–Crippen LogP) is 3.45. The van der Waals surface area contributed by atoms with E-state index >= 15 is 0 Å². The first kappa shape index (κ1) is 14.1. The smallest absolute Gasteiger partial charge is 0.140 e. The van der Waals surface area contributed by atoms with Crippen LogP contribution in [0.15, 0.2) is 24.3 Å². The van der Waals surface area contributed by atoms with Gasteiger partial charge in [0.2, 0.25) is 0 Å². The second kappa shape index (κ2) is 5.85. The van der Waals surface area contributed by atoms with Gasteiger partial charge >= 0.3 is 0 Å². The van der Waals surface area contributed by atoms with Crippen molar-refractivity contribution in [1.29, 1.82) is 5.41 Å². The number of ether oxygens (including phenoxy) is 1. The third-order valence-corrected chi connectivity index (χ3v) is 4.65. The summed E-state index contributed by atoms with van der Waals surface area (Å²) in [7, 11) is 0. The van der Waals surface area contributed by atoms with E-state index in [1.54, 1.807) is 0 Å². The van der Waals surface area contributed by atoms with Gasteiger partial charge in [-0.3, -0.25) is 5.41 Å². The molecule has 5 heteroatoms. The third kappa shape index (κ3) is 3.24. The van der Waals surface area contributed by atoms with Gasteiger partial charge in [-0.05, 0) is 37.0 Å². The van der Waals surface area contributed by atoms with Crippen molar-refractivity contribution in [3.63, 3.8) is 0 Å². The van der Waals surface area contributed by atoms with Crippen LogP contribution in [0.5, 0.6) is 5.75 Å². The molecule has 110 valence electrons. The summed E-state index contributed by atoms with van der Waals surface area (Å²) in [6.07, 6.45) is 3.31. The van der Waals surface area contributed by atoms with Gasteiger partial charge < -0.3 is 10.5 Å². The molecule has 1 heterocycles. The fourth-order valence-electron chi connectivity index (χ4n) is 2.27. The highest BCUT2D eigenvalue weighted by molar-refractivity contribution is 7.13. The van der Waals surface area contributed by atoms with Crippen LogP contribution in [0.3, 0.4) is 0 Å². The molecule has 1 aliphatic carbocycles. The molecule has 0 spiro atoms. The zero-order valence-corrected chi connectivity index (χ0v) is 12.9. The molecule has 1 aromatic heterocycles. The topological polar surface area (TPSA) is 72.0 Å². The molecule has 1 saturated carbocycles. The van der Waals surface area contributed by atoms with Gasteiger partial charge in [-0.15, -0.1) is 11.3 Å². The van der Waals surface area contributed by atoms with Gasteiger partial charge in [-0.25, -0.2) is 4.98 Å². The van der Waals surface area contributed by atoms with E-state index in [-0.39, 0.29) is 5.84 Å². The minimum absolute atomic E-state index is 0.119. The highest BCUT2D eigenvalue weighted by atomic mass is 32.1. The van der Waals surface area contributed by atoms with Crippen molar-refractivity contribution in [2.24, 2.45) is 5.73 Å². The van der Waals surface area contributed by atoms with Crippen LogP contribution < -0.4 is 10.5 Å². The molecule has 3 N–H and O–H groups in total. The lowest BCUT2D eigenvalue weighted by Gasteiger charge is -2.05. The van der Waals surface area contributed by atoms with Crippen molar-refractivity contribution in [1.82, 2.24) is 4.98 Å². The van der Waals surface area contributed by atoms with Crippen LogP contribution in [-0.4, -0.2) is 10.8 Å². The summed E-state index contributed by atoms with van der Waals surface area (Å²) in [6.45, 7) is 2.56. The summed E-state index contributed by atoms with van der Waals surface area (Å²) < 4.78 is 5.82. The highest BCUT2D eigenvalue weighted by Crippen LogP contribution is 2.42. The fourth-order valence-corrected chi connectivity index (χ4v) is 3.19. The minimum Gasteiger partial charge on any atom is -0.486 e. The molecule has 0 aliphatic heterocycles. The maximum Gasteiger partial charge on any atom is 0.140 e. The van der Waals surface area contributed by atoms with Gasteiger partial charge in [-0.2, -0.15) is 0 Å². The average Bonchev–Trinajstić information content (AvgIpc) is 3.25. The summed E-state index contributed by atoms with van der Waals surface area (Å²) in [4.78, 5) is 5.44. The maximum atomic E-state index is 7.67. The highest BCUT2D eigenvalue weighted by Gasteiger charge is 2.30. The summed E-state index contributed by atoms with van der Waals surface area (Å²) in [5.74, 6) is 1.48. The second-order valence-electron chi connectivity index (χ2n) is 5.30. The van der Waals surface area contributed by atoms with Crippen LogP contribution in [0.2, 0.25) is 0 Å². The number of benzene rings is 1. The van der Waals surface area contributed by atoms with Crippen molar-refractivity contribution < 1.29 is 4.74 Å². The Bertz CT molecular complexity index is 661. The number of amidine groups is 1. The first-order chi connectivity index (χ1) is 10.2. The monoisotopic (exact) mass is 301 g/mol. The lowest BCUT2D eigenvalue weighted by Crippen LogP contribution is -2.11. The predicted molar refractivity (Wildman–Crippen MR) is 85.3 cm³/mol. The van der Waals surface area contributed by atoms with Crippen molar-refractivity contribution in [3.8, 4) is 5.75 Å². The second-order valence-corrected chi connectivity index (χ2v) is 6.38. The third-order valence-electron chi connectivity index (χ3n) is 3.58. The van der Waals surface area contributed by atoms with Crippen LogP contribution in [0.4, 0.5) is 0 Å². The molecule has 21 heavy (non-hydrogen) atoms. The van der Waals surface area contributed by atoms with Gasteiger partial charge in [0.05, 0.1) is 10.6 Å². The molecule has 0 atom stereocenters. The van der Waals surface area contributed by atoms with Gasteiger partial charge in [-0.1, -0.05) is 19.1 Å². The summed E-state index contributed by atoms with van der Waals surface area (Å²) >= 11 is 1.48. The molecule has 0 radical (unpaired) electrons. The molecule has 1 aromatic carbocycles. The number of nitrogens with zero attached hydrogens (tertiary/aromatic N) is 1. The number of hydrogen-bond donors (Lipinski definition) is 2. The largest absolute Gasteiger partial charge is 0.486 e. The SMILES string of the molecule is CCc1cccc(OCc2nc(C3CC3)c(C(=N)N)s2)c1.